The van der Waals surface area contributed by atoms with E-state index in [0.717, 1.165) is 5.56 Å². The predicted octanol–water partition coefficient (Wildman–Crippen LogP) is 5.57. The molecule has 0 radical (unpaired) electrons. The van der Waals surface area contributed by atoms with Crippen LogP contribution in [0.2, 0.25) is 5.02 Å². The summed E-state index contributed by atoms with van der Waals surface area (Å²) in [6.07, 6.45) is 0. The molecule has 0 saturated carbocycles. The molecule has 5 rings (SSSR count). The van der Waals surface area contributed by atoms with E-state index in [1.54, 1.807) is 30.3 Å². The molecule has 3 aromatic carbocycles. The minimum Gasteiger partial charge on any atom is -0.494 e. The highest BCUT2D eigenvalue weighted by atomic mass is 35.5. The van der Waals surface area contributed by atoms with Gasteiger partial charge in [-0.05, 0) is 73.2 Å². The highest BCUT2D eigenvalue weighted by molar-refractivity contribution is 7.91. The highest BCUT2D eigenvalue weighted by Gasteiger charge is 2.28. The second-order valence-corrected chi connectivity index (χ2v) is 9.91. The van der Waals surface area contributed by atoms with E-state index >= 15 is 0 Å². The van der Waals surface area contributed by atoms with Crippen molar-refractivity contribution in [3.63, 3.8) is 0 Å². The normalized spacial score (nSPS) is 12.5. The SMILES string of the molecule is CCOc1ccc(-c2nc(S(=O)(=O)c3ccc(Cl)cc3)c(NCc3ccc4c(c3)OCO4)o2)cc1. The van der Waals surface area contributed by atoms with Crippen molar-refractivity contribution in [2.45, 2.75) is 23.4 Å². The molecule has 35 heavy (non-hydrogen) atoms. The number of hydrogen-bond donors (Lipinski definition) is 1. The van der Waals surface area contributed by atoms with Gasteiger partial charge in [-0.2, -0.15) is 4.98 Å². The zero-order valence-electron chi connectivity index (χ0n) is 18.7. The first-order valence-electron chi connectivity index (χ1n) is 10.8. The van der Waals surface area contributed by atoms with Gasteiger partial charge in [-0.15, -0.1) is 0 Å². The molecule has 1 aliphatic rings. The summed E-state index contributed by atoms with van der Waals surface area (Å²) in [6.45, 7) is 2.88. The van der Waals surface area contributed by atoms with Crippen LogP contribution < -0.4 is 19.5 Å². The fraction of sp³-hybridized carbons (Fsp3) is 0.160. The monoisotopic (exact) mass is 512 g/mol. The summed E-state index contributed by atoms with van der Waals surface area (Å²) < 4.78 is 49.1. The zero-order chi connectivity index (χ0) is 24.4. The summed E-state index contributed by atoms with van der Waals surface area (Å²) in [5.41, 5.74) is 1.46. The molecule has 0 fully saturated rings. The molecule has 0 saturated heterocycles. The van der Waals surface area contributed by atoms with E-state index in [1.165, 1.54) is 24.3 Å². The van der Waals surface area contributed by atoms with Gasteiger partial charge in [0, 0.05) is 17.1 Å². The van der Waals surface area contributed by atoms with E-state index in [9.17, 15) is 8.42 Å². The van der Waals surface area contributed by atoms with Crippen molar-refractivity contribution in [3.05, 3.63) is 77.3 Å². The van der Waals surface area contributed by atoms with E-state index in [2.05, 4.69) is 10.3 Å². The second-order valence-electron chi connectivity index (χ2n) is 7.61. The summed E-state index contributed by atoms with van der Waals surface area (Å²) in [5, 5.41) is 3.29. The summed E-state index contributed by atoms with van der Waals surface area (Å²) in [6, 6.07) is 18.5. The number of sulfone groups is 1. The van der Waals surface area contributed by atoms with E-state index < -0.39 is 9.84 Å². The molecule has 2 heterocycles. The van der Waals surface area contributed by atoms with E-state index in [1.807, 2.05) is 19.1 Å². The van der Waals surface area contributed by atoms with Crippen molar-refractivity contribution < 1.29 is 27.0 Å². The van der Waals surface area contributed by atoms with Gasteiger partial charge < -0.3 is 23.9 Å². The van der Waals surface area contributed by atoms with Crippen LogP contribution in [-0.4, -0.2) is 26.8 Å². The minimum absolute atomic E-state index is 0.0292. The van der Waals surface area contributed by atoms with Crippen molar-refractivity contribution in [3.8, 4) is 28.7 Å². The van der Waals surface area contributed by atoms with Crippen LogP contribution >= 0.6 is 11.6 Å². The summed E-state index contributed by atoms with van der Waals surface area (Å²) in [5.74, 6) is 2.18. The van der Waals surface area contributed by atoms with Crippen molar-refractivity contribution in [1.29, 1.82) is 0 Å². The Hall–Kier alpha value is -3.69. The Bertz CT molecular complexity index is 1450. The maximum absolute atomic E-state index is 13.5. The van der Waals surface area contributed by atoms with Crippen LogP contribution in [-0.2, 0) is 16.4 Å². The zero-order valence-corrected chi connectivity index (χ0v) is 20.2. The molecule has 0 bridgehead atoms. The van der Waals surface area contributed by atoms with Crippen LogP contribution in [0.4, 0.5) is 5.88 Å². The third-order valence-corrected chi connectivity index (χ3v) is 7.21. The molecule has 1 aromatic heterocycles. The molecule has 0 spiro atoms. The molecule has 1 aliphatic heterocycles. The number of oxazole rings is 1. The van der Waals surface area contributed by atoms with Gasteiger partial charge in [0.05, 0.1) is 11.5 Å². The molecule has 180 valence electrons. The van der Waals surface area contributed by atoms with E-state index in [0.29, 0.717) is 34.4 Å². The first-order valence-corrected chi connectivity index (χ1v) is 12.7. The van der Waals surface area contributed by atoms with Gasteiger partial charge in [-0.1, -0.05) is 17.7 Å². The minimum atomic E-state index is -4.00. The summed E-state index contributed by atoms with van der Waals surface area (Å²) in [4.78, 5) is 4.42. The first-order chi connectivity index (χ1) is 16.9. The van der Waals surface area contributed by atoms with E-state index in [4.69, 9.17) is 30.2 Å². The molecule has 0 aliphatic carbocycles. The molecular weight excluding hydrogens is 492 g/mol. The first kappa shape index (κ1) is 23.1. The molecule has 0 unspecified atom stereocenters. The lowest BCUT2D eigenvalue weighted by Gasteiger charge is -2.07. The third kappa shape index (κ3) is 4.78. The van der Waals surface area contributed by atoms with Gasteiger partial charge in [0.1, 0.15) is 5.75 Å². The molecular formula is C25H21ClN2O6S. The van der Waals surface area contributed by atoms with Gasteiger partial charge in [0.25, 0.3) is 0 Å². The maximum atomic E-state index is 13.5. The average Bonchev–Trinajstić information content (AvgIpc) is 3.51. The van der Waals surface area contributed by atoms with Crippen LogP contribution in [0.3, 0.4) is 0 Å². The van der Waals surface area contributed by atoms with Gasteiger partial charge in [0.2, 0.25) is 33.4 Å². The Morgan fingerprint density at radius 1 is 1.00 bits per heavy atom. The molecule has 10 heteroatoms. The standard InChI is InChI=1S/C25H21ClN2O6S/c1-2-31-19-8-4-17(5-9-19)23-28-25(35(29,30)20-10-6-18(26)7-11-20)24(34-23)27-14-16-3-12-21-22(13-16)33-15-32-21/h3-13,27H,2,14-15H2,1H3. The summed E-state index contributed by atoms with van der Waals surface area (Å²) >= 11 is 5.95. The number of rotatable bonds is 8. The highest BCUT2D eigenvalue weighted by Crippen LogP contribution is 2.35. The fourth-order valence-electron chi connectivity index (χ4n) is 3.54. The Morgan fingerprint density at radius 2 is 1.74 bits per heavy atom. The third-order valence-electron chi connectivity index (χ3n) is 5.28. The Kier molecular flexibility index (Phi) is 6.27. The lowest BCUT2D eigenvalue weighted by molar-refractivity contribution is 0.174. The number of ether oxygens (including phenoxy) is 3. The molecule has 8 nitrogen and oxygen atoms in total. The molecule has 1 N–H and O–H groups in total. The lowest BCUT2D eigenvalue weighted by atomic mass is 10.2. The molecule has 4 aromatic rings. The van der Waals surface area contributed by atoms with Gasteiger partial charge >= 0.3 is 0 Å². The van der Waals surface area contributed by atoms with Crippen LogP contribution in [0, 0.1) is 0 Å². The van der Waals surface area contributed by atoms with Crippen molar-refractivity contribution in [2.24, 2.45) is 0 Å². The molecule has 0 amide bonds. The van der Waals surface area contributed by atoms with Gasteiger partial charge in [-0.3, -0.25) is 0 Å². The fourth-order valence-corrected chi connectivity index (χ4v) is 4.95. The van der Waals surface area contributed by atoms with E-state index in [-0.39, 0.29) is 35.0 Å². The van der Waals surface area contributed by atoms with Crippen LogP contribution in [0.5, 0.6) is 17.2 Å². The average molecular weight is 513 g/mol. The predicted molar refractivity (Wildman–Crippen MR) is 130 cm³/mol. The van der Waals surface area contributed by atoms with Gasteiger partial charge in [-0.25, -0.2) is 8.42 Å². The second kappa shape index (κ2) is 9.52. The number of hydrogen-bond acceptors (Lipinski definition) is 8. The topological polar surface area (TPSA) is 99.9 Å². The molecule has 0 atom stereocenters. The maximum Gasteiger partial charge on any atom is 0.234 e. The van der Waals surface area contributed by atoms with Gasteiger partial charge in [0.15, 0.2) is 11.5 Å². The number of nitrogens with one attached hydrogen (secondary N) is 1. The van der Waals surface area contributed by atoms with Crippen LogP contribution in [0.15, 0.2) is 81.1 Å². The number of halogens is 1. The van der Waals surface area contributed by atoms with Crippen LogP contribution in [0.25, 0.3) is 11.5 Å². The largest absolute Gasteiger partial charge is 0.494 e. The number of benzene rings is 3. The van der Waals surface area contributed by atoms with Crippen molar-refractivity contribution >= 4 is 27.3 Å². The smallest absolute Gasteiger partial charge is 0.234 e. The Balaban J connectivity index is 1.50. The lowest BCUT2D eigenvalue weighted by Crippen LogP contribution is -2.07. The van der Waals surface area contributed by atoms with Crippen molar-refractivity contribution in [1.82, 2.24) is 4.98 Å². The van der Waals surface area contributed by atoms with Crippen LogP contribution in [0.1, 0.15) is 12.5 Å². The number of anilines is 1. The number of fused-ring (bicyclic) bond motifs is 1. The Morgan fingerprint density at radius 3 is 2.49 bits per heavy atom. The quantitative estimate of drug-likeness (QED) is 0.327. The number of aromatic nitrogens is 1. The summed E-state index contributed by atoms with van der Waals surface area (Å²) in [7, 11) is -4.00. The van der Waals surface area contributed by atoms with Crippen molar-refractivity contribution in [2.75, 3.05) is 18.7 Å². The number of nitrogens with zero attached hydrogens (tertiary/aromatic N) is 1. The Labute approximate surface area is 207 Å².